The molecule has 0 spiro atoms. The second kappa shape index (κ2) is 6.08. The molecule has 0 saturated carbocycles. The van der Waals surface area contributed by atoms with E-state index in [-0.39, 0.29) is 6.10 Å². The van der Waals surface area contributed by atoms with Crippen LogP contribution in [0.4, 0.5) is 11.8 Å². The first-order chi connectivity index (χ1) is 11.1. The lowest BCUT2D eigenvalue weighted by Crippen LogP contribution is -2.51. The number of fused-ring (bicyclic) bond motifs is 1. The number of aryl methyl sites for hydroxylation is 1. The number of aliphatic hydroxyl groups is 1. The summed E-state index contributed by atoms with van der Waals surface area (Å²) >= 11 is -0.763. The number of ether oxygens (including phenoxy) is 1. The van der Waals surface area contributed by atoms with Gasteiger partial charge in [-0.15, -0.1) is 0 Å². The van der Waals surface area contributed by atoms with Gasteiger partial charge in [-0.2, -0.15) is 9.54 Å². The van der Waals surface area contributed by atoms with E-state index >= 15 is 0 Å². The number of β-amino-alcohol motifs (C(OH)–C–C–N with tert-alkyl or cyclic N) is 1. The van der Waals surface area contributed by atoms with Gasteiger partial charge in [0.2, 0.25) is 5.95 Å². The first-order valence-corrected chi connectivity index (χ1v) is 9.53. The van der Waals surface area contributed by atoms with Gasteiger partial charge in [0, 0.05) is 45.8 Å². The number of aliphatic hydroxyl groups excluding tert-OH is 1. The molecule has 3 aliphatic rings. The van der Waals surface area contributed by atoms with E-state index in [4.69, 9.17) is 9.72 Å². The zero-order valence-electron chi connectivity index (χ0n) is 13.3. The van der Waals surface area contributed by atoms with Crippen molar-refractivity contribution in [1.82, 2.24) is 9.97 Å². The maximum Gasteiger partial charge on any atom is 0.253 e. The Bertz CT molecular complexity index is 590. The summed E-state index contributed by atoms with van der Waals surface area (Å²) in [5, 5.41) is 9.54. The summed E-state index contributed by atoms with van der Waals surface area (Å²) < 4.78 is 15.9. The first-order valence-electron chi connectivity index (χ1n) is 8.18. The predicted octanol–water partition coefficient (Wildman–Crippen LogP) is 0.279. The summed E-state index contributed by atoms with van der Waals surface area (Å²) in [6.07, 6.45) is 2.48. The maximum atomic E-state index is 10.4. The number of hydrogen-bond acceptors (Lipinski definition) is 7. The third kappa shape index (κ3) is 2.77. The number of aromatic nitrogens is 2. The molecular weight excluding hydrogens is 316 g/mol. The molecule has 1 aromatic heterocycles. The van der Waals surface area contributed by atoms with Gasteiger partial charge in [-0.1, -0.05) is 0 Å². The molecule has 23 heavy (non-hydrogen) atoms. The summed E-state index contributed by atoms with van der Waals surface area (Å²) in [6, 6.07) is 0.384. The van der Waals surface area contributed by atoms with Gasteiger partial charge in [0.05, 0.1) is 6.10 Å². The van der Waals surface area contributed by atoms with Crippen molar-refractivity contribution in [3.8, 4) is 0 Å². The smallest absolute Gasteiger partial charge is 0.253 e. The molecule has 7 nitrogen and oxygen atoms in total. The van der Waals surface area contributed by atoms with Crippen molar-refractivity contribution in [2.24, 2.45) is 0 Å². The zero-order valence-corrected chi connectivity index (χ0v) is 14.1. The van der Waals surface area contributed by atoms with Crippen LogP contribution in [0.5, 0.6) is 0 Å². The van der Waals surface area contributed by atoms with Crippen LogP contribution in [0.2, 0.25) is 0 Å². The third-order valence-electron chi connectivity index (χ3n) is 4.89. The fourth-order valence-corrected chi connectivity index (χ4v) is 4.83. The van der Waals surface area contributed by atoms with Gasteiger partial charge >= 0.3 is 0 Å². The van der Waals surface area contributed by atoms with Crippen LogP contribution in [0, 0.1) is 0 Å². The highest BCUT2D eigenvalue weighted by Crippen LogP contribution is 2.36. The summed E-state index contributed by atoms with van der Waals surface area (Å²) in [5.74, 6) is 2.29. The Morgan fingerprint density at radius 2 is 2.00 bits per heavy atom. The summed E-state index contributed by atoms with van der Waals surface area (Å²) in [7, 11) is 2.06. The van der Waals surface area contributed by atoms with Gasteiger partial charge in [0.1, 0.15) is 5.69 Å². The normalized spacial score (nSPS) is 25.3. The van der Waals surface area contributed by atoms with E-state index in [0.29, 0.717) is 25.1 Å². The summed E-state index contributed by atoms with van der Waals surface area (Å²) in [5.41, 5.74) is 0.969. The molecule has 0 amide bonds. The third-order valence-corrected chi connectivity index (χ3v) is 6.37. The highest BCUT2D eigenvalue weighted by atomic mass is 32.2. The molecule has 0 radical (unpaired) electrons. The van der Waals surface area contributed by atoms with Crippen molar-refractivity contribution >= 4 is 22.9 Å². The molecule has 126 valence electrons. The average molecular weight is 339 g/mol. The minimum absolute atomic E-state index is 0.281. The number of nitrogens with zero attached hydrogens (tertiary/aromatic N) is 4. The molecule has 0 bridgehead atoms. The second-order valence-corrected chi connectivity index (χ2v) is 8.00. The Balaban J connectivity index is 1.68. The molecule has 0 aliphatic carbocycles. The van der Waals surface area contributed by atoms with E-state index in [1.165, 1.54) is 0 Å². The van der Waals surface area contributed by atoms with E-state index in [2.05, 4.69) is 16.9 Å². The Kier molecular flexibility index (Phi) is 4.08. The zero-order chi connectivity index (χ0) is 16.0. The molecule has 0 aromatic carbocycles. The highest BCUT2D eigenvalue weighted by Gasteiger charge is 2.41. The average Bonchev–Trinajstić information content (AvgIpc) is 2.92. The lowest BCUT2D eigenvalue weighted by Gasteiger charge is -2.37. The molecule has 1 aromatic rings. The maximum absolute atomic E-state index is 10.4. The molecule has 2 saturated heterocycles. The molecule has 4 heterocycles. The highest BCUT2D eigenvalue weighted by molar-refractivity contribution is 7.92. The van der Waals surface area contributed by atoms with Crippen LogP contribution in [0.1, 0.15) is 18.5 Å². The minimum atomic E-state index is -0.763. The van der Waals surface area contributed by atoms with Gasteiger partial charge in [0.25, 0.3) is 4.90 Å². The van der Waals surface area contributed by atoms with Gasteiger partial charge in [-0.3, -0.25) is 0 Å². The lowest BCUT2D eigenvalue weighted by molar-refractivity contribution is 0.0852. The van der Waals surface area contributed by atoms with Crippen LogP contribution < -0.4 is 9.80 Å². The van der Waals surface area contributed by atoms with E-state index in [1.54, 1.807) is 0 Å². The first kappa shape index (κ1) is 15.4. The standard InChI is InChI=1S/C15H23N4O3S/c1-18(10-2-5-22-6-3-10)14-13-12(4-7-23(13)21)16-15(17-14)19-8-11(20)9-19/h10-11,20-21H,2-9H2,1H3/q+1. The summed E-state index contributed by atoms with van der Waals surface area (Å²) in [6.45, 7) is 2.73. The largest absolute Gasteiger partial charge is 0.389 e. The van der Waals surface area contributed by atoms with Gasteiger partial charge in [-0.05, 0) is 12.8 Å². The molecule has 2 N–H and O–H groups in total. The molecule has 8 heteroatoms. The molecule has 1 unspecified atom stereocenters. The van der Waals surface area contributed by atoms with Crippen molar-refractivity contribution in [1.29, 1.82) is 0 Å². The van der Waals surface area contributed by atoms with Gasteiger partial charge in [-0.25, -0.2) is 4.98 Å². The quantitative estimate of drug-likeness (QED) is 0.766. The Morgan fingerprint density at radius 3 is 2.70 bits per heavy atom. The van der Waals surface area contributed by atoms with Gasteiger partial charge < -0.3 is 19.6 Å². The fourth-order valence-electron chi connectivity index (χ4n) is 3.42. The van der Waals surface area contributed by atoms with Crippen LogP contribution in [-0.4, -0.2) is 70.9 Å². The molecular formula is C15H23N4O3S+. The monoisotopic (exact) mass is 339 g/mol. The van der Waals surface area contributed by atoms with Crippen LogP contribution in [0.3, 0.4) is 0 Å². The number of rotatable bonds is 3. The summed E-state index contributed by atoms with van der Waals surface area (Å²) in [4.78, 5) is 14.5. The van der Waals surface area contributed by atoms with Crippen molar-refractivity contribution in [3.05, 3.63) is 5.69 Å². The van der Waals surface area contributed by atoms with Crippen LogP contribution >= 0.6 is 0 Å². The topological polar surface area (TPSA) is 82.0 Å². The Hall–Kier alpha value is -1.09. The second-order valence-electron chi connectivity index (χ2n) is 6.46. The van der Waals surface area contributed by atoms with E-state index < -0.39 is 11.2 Å². The van der Waals surface area contributed by atoms with E-state index in [1.807, 2.05) is 4.90 Å². The molecule has 1 atom stereocenters. The lowest BCUT2D eigenvalue weighted by atomic mass is 10.1. The Morgan fingerprint density at radius 1 is 1.26 bits per heavy atom. The fraction of sp³-hybridized carbons (Fsp3) is 0.733. The molecule has 2 fully saturated rings. The van der Waals surface area contributed by atoms with Crippen molar-refractivity contribution in [3.63, 3.8) is 0 Å². The van der Waals surface area contributed by atoms with Crippen LogP contribution in [0.25, 0.3) is 0 Å². The van der Waals surface area contributed by atoms with Gasteiger partial charge in [0.15, 0.2) is 22.7 Å². The predicted molar refractivity (Wildman–Crippen MR) is 89.3 cm³/mol. The van der Waals surface area contributed by atoms with Crippen molar-refractivity contribution < 1.29 is 14.4 Å². The SMILES string of the molecule is CN(c1nc(N2CC(O)C2)nc2c1[S+](O)CC2)C1CCOCC1. The van der Waals surface area contributed by atoms with E-state index in [9.17, 15) is 9.66 Å². The van der Waals surface area contributed by atoms with Crippen molar-refractivity contribution in [2.75, 3.05) is 48.9 Å². The van der Waals surface area contributed by atoms with E-state index in [0.717, 1.165) is 54.6 Å². The minimum Gasteiger partial charge on any atom is -0.389 e. The number of hydrogen-bond donors (Lipinski definition) is 2. The molecule has 4 rings (SSSR count). The molecule has 3 aliphatic heterocycles. The van der Waals surface area contributed by atoms with Crippen LogP contribution in [0.15, 0.2) is 4.90 Å². The number of anilines is 2. The van der Waals surface area contributed by atoms with Crippen molar-refractivity contribution in [2.45, 2.75) is 36.3 Å². The Labute approximate surface area is 138 Å². The van der Waals surface area contributed by atoms with Crippen LogP contribution in [-0.2, 0) is 22.3 Å².